The highest BCUT2D eigenvalue weighted by Gasteiger charge is 2.16. The molecule has 0 bridgehead atoms. The Morgan fingerprint density at radius 2 is 2.19 bits per heavy atom. The zero-order valence-electron chi connectivity index (χ0n) is 12.7. The lowest BCUT2D eigenvalue weighted by Crippen LogP contribution is -2.09. The van der Waals surface area contributed by atoms with E-state index in [4.69, 9.17) is 4.74 Å². The first-order chi connectivity index (χ1) is 10.1. The van der Waals surface area contributed by atoms with Crippen LogP contribution in [0.4, 0.5) is 0 Å². The normalized spacial score (nSPS) is 11.0. The van der Waals surface area contributed by atoms with E-state index >= 15 is 0 Å². The Kier molecular flexibility index (Phi) is 4.93. The number of hydrogen-bond donors (Lipinski definition) is 0. The van der Waals surface area contributed by atoms with Crippen molar-refractivity contribution < 1.29 is 9.53 Å². The van der Waals surface area contributed by atoms with E-state index in [2.05, 4.69) is 9.55 Å². The molecule has 2 aromatic heterocycles. The van der Waals surface area contributed by atoms with Gasteiger partial charge in [-0.2, -0.15) is 0 Å². The molecular formula is C17H20N2O2. The molecule has 4 nitrogen and oxygen atoms in total. The quantitative estimate of drug-likeness (QED) is 0.625. The maximum atomic E-state index is 12.1. The fraction of sp³-hybridized carbons (Fsp3) is 0.294. The summed E-state index contributed by atoms with van der Waals surface area (Å²) in [6, 6.07) is 7.70. The van der Waals surface area contributed by atoms with Crippen molar-refractivity contribution in [2.75, 3.05) is 6.61 Å². The molecule has 4 heteroatoms. The fourth-order valence-corrected chi connectivity index (χ4v) is 2.20. The van der Waals surface area contributed by atoms with Crippen molar-refractivity contribution >= 4 is 5.97 Å². The van der Waals surface area contributed by atoms with Crippen LogP contribution in [0.15, 0.2) is 42.6 Å². The molecule has 0 saturated carbocycles. The van der Waals surface area contributed by atoms with Gasteiger partial charge >= 0.3 is 5.97 Å². The van der Waals surface area contributed by atoms with Crippen LogP contribution in [0.1, 0.15) is 34.4 Å². The minimum Gasteiger partial charge on any atom is -0.458 e. The number of ether oxygens (including phenoxy) is 1. The smallest absolute Gasteiger partial charge is 0.340 e. The summed E-state index contributed by atoms with van der Waals surface area (Å²) in [7, 11) is 0. The maximum Gasteiger partial charge on any atom is 0.340 e. The van der Waals surface area contributed by atoms with Gasteiger partial charge in [0.15, 0.2) is 0 Å². The fourth-order valence-electron chi connectivity index (χ4n) is 2.20. The minimum absolute atomic E-state index is 0.284. The number of rotatable bonds is 5. The zero-order chi connectivity index (χ0) is 15.2. The molecule has 21 heavy (non-hydrogen) atoms. The minimum atomic E-state index is -0.284. The highest BCUT2D eigenvalue weighted by molar-refractivity contribution is 5.91. The van der Waals surface area contributed by atoms with Gasteiger partial charge in [0.05, 0.1) is 17.8 Å². The van der Waals surface area contributed by atoms with Crippen LogP contribution in [0.5, 0.6) is 0 Å². The Labute approximate surface area is 125 Å². The molecule has 0 N–H and O–H groups in total. The van der Waals surface area contributed by atoms with E-state index in [-0.39, 0.29) is 5.97 Å². The lowest BCUT2D eigenvalue weighted by Gasteiger charge is -2.09. The molecular weight excluding hydrogens is 264 g/mol. The summed E-state index contributed by atoms with van der Waals surface area (Å²) in [5.74, 6) is -0.284. The van der Waals surface area contributed by atoms with E-state index in [9.17, 15) is 4.79 Å². The van der Waals surface area contributed by atoms with Crippen molar-refractivity contribution in [3.63, 3.8) is 0 Å². The summed E-state index contributed by atoms with van der Waals surface area (Å²) in [4.78, 5) is 16.4. The first-order valence-corrected chi connectivity index (χ1v) is 6.98. The molecule has 2 heterocycles. The van der Waals surface area contributed by atoms with E-state index in [0.717, 1.165) is 17.1 Å². The molecule has 0 radical (unpaired) electrons. The largest absolute Gasteiger partial charge is 0.458 e. The van der Waals surface area contributed by atoms with Crippen LogP contribution in [0.3, 0.4) is 0 Å². The Morgan fingerprint density at radius 1 is 1.38 bits per heavy atom. The van der Waals surface area contributed by atoms with Crippen molar-refractivity contribution in [1.29, 1.82) is 0 Å². The van der Waals surface area contributed by atoms with E-state index in [1.54, 1.807) is 6.20 Å². The van der Waals surface area contributed by atoms with Crippen LogP contribution in [0.2, 0.25) is 0 Å². The topological polar surface area (TPSA) is 44.1 Å². The van der Waals surface area contributed by atoms with Gasteiger partial charge in [0, 0.05) is 17.6 Å². The van der Waals surface area contributed by atoms with Gasteiger partial charge in [-0.1, -0.05) is 18.2 Å². The summed E-state index contributed by atoms with van der Waals surface area (Å²) in [5.41, 5.74) is 3.51. The van der Waals surface area contributed by atoms with Crippen molar-refractivity contribution in [3.05, 3.63) is 65.3 Å². The molecule has 0 amide bonds. The van der Waals surface area contributed by atoms with Crippen LogP contribution in [-0.2, 0) is 11.3 Å². The van der Waals surface area contributed by atoms with Gasteiger partial charge < -0.3 is 9.30 Å². The van der Waals surface area contributed by atoms with Gasteiger partial charge in [0.25, 0.3) is 0 Å². The third-order valence-electron chi connectivity index (χ3n) is 3.39. The van der Waals surface area contributed by atoms with Crippen LogP contribution in [0, 0.1) is 13.8 Å². The molecule has 0 fully saturated rings. The molecule has 0 aliphatic carbocycles. The van der Waals surface area contributed by atoms with Crippen LogP contribution >= 0.6 is 0 Å². The van der Waals surface area contributed by atoms with E-state index in [0.29, 0.717) is 18.7 Å². The number of aryl methyl sites for hydroxylation is 1. The second-order valence-corrected chi connectivity index (χ2v) is 4.86. The molecule has 0 aliphatic heterocycles. The summed E-state index contributed by atoms with van der Waals surface area (Å²) in [6.07, 6.45) is 5.44. The van der Waals surface area contributed by atoms with Crippen LogP contribution in [-0.4, -0.2) is 22.1 Å². The van der Waals surface area contributed by atoms with Crippen molar-refractivity contribution in [3.8, 4) is 0 Å². The molecule has 0 aliphatic rings. The van der Waals surface area contributed by atoms with Gasteiger partial charge in [-0.05, 0) is 39.0 Å². The maximum absolute atomic E-state index is 12.1. The molecule has 0 unspecified atom stereocenters. The zero-order valence-corrected chi connectivity index (χ0v) is 12.7. The number of pyridine rings is 1. The van der Waals surface area contributed by atoms with E-state index in [1.165, 1.54) is 0 Å². The first-order valence-electron chi connectivity index (χ1n) is 6.98. The van der Waals surface area contributed by atoms with Gasteiger partial charge in [-0.15, -0.1) is 0 Å². The Bertz CT molecular complexity index is 642. The predicted molar refractivity (Wildman–Crippen MR) is 82.3 cm³/mol. The van der Waals surface area contributed by atoms with E-state index < -0.39 is 0 Å². The number of allylic oxidation sites excluding steroid dienone is 1. The third-order valence-corrected chi connectivity index (χ3v) is 3.39. The van der Waals surface area contributed by atoms with Crippen LogP contribution < -0.4 is 0 Å². The number of esters is 1. The average Bonchev–Trinajstić information content (AvgIpc) is 2.77. The second kappa shape index (κ2) is 6.88. The Balaban J connectivity index is 2.19. The number of aromatic nitrogens is 2. The lowest BCUT2D eigenvalue weighted by molar-refractivity contribution is 0.0548. The number of hydrogen-bond acceptors (Lipinski definition) is 3. The standard InChI is InChI=1S/C17H20N2O2/c1-4-5-10-21-17(20)16-11-13(2)19(14(16)3)12-15-8-6-7-9-18-15/h4-9,11H,10,12H2,1-3H3/b5-4+. The van der Waals surface area contributed by atoms with Crippen molar-refractivity contribution in [1.82, 2.24) is 9.55 Å². The van der Waals surface area contributed by atoms with Gasteiger partial charge in [0.2, 0.25) is 0 Å². The van der Waals surface area contributed by atoms with Gasteiger partial charge in [0.1, 0.15) is 6.61 Å². The SMILES string of the molecule is C/C=C/COC(=O)c1cc(C)n(Cc2ccccn2)c1C. The number of carbonyl (C=O) groups is 1. The van der Waals surface area contributed by atoms with E-state index in [1.807, 2.05) is 57.2 Å². The third kappa shape index (κ3) is 3.60. The summed E-state index contributed by atoms with van der Waals surface area (Å²) >= 11 is 0. The average molecular weight is 284 g/mol. The highest BCUT2D eigenvalue weighted by atomic mass is 16.5. The van der Waals surface area contributed by atoms with Crippen molar-refractivity contribution in [2.24, 2.45) is 0 Å². The molecule has 0 saturated heterocycles. The summed E-state index contributed by atoms with van der Waals surface area (Å²) < 4.78 is 7.29. The lowest BCUT2D eigenvalue weighted by atomic mass is 10.2. The Hall–Kier alpha value is -2.36. The molecule has 2 rings (SSSR count). The molecule has 0 atom stereocenters. The monoisotopic (exact) mass is 284 g/mol. The number of nitrogens with zero attached hydrogens (tertiary/aromatic N) is 2. The molecule has 0 spiro atoms. The Morgan fingerprint density at radius 3 is 2.86 bits per heavy atom. The van der Waals surface area contributed by atoms with Crippen molar-refractivity contribution in [2.45, 2.75) is 27.3 Å². The molecule has 2 aromatic rings. The van der Waals surface area contributed by atoms with Gasteiger partial charge in [-0.3, -0.25) is 4.98 Å². The number of carbonyl (C=O) groups excluding carboxylic acids is 1. The summed E-state index contributed by atoms with van der Waals surface area (Å²) in [6.45, 7) is 6.77. The summed E-state index contributed by atoms with van der Waals surface area (Å²) in [5, 5.41) is 0. The highest BCUT2D eigenvalue weighted by Crippen LogP contribution is 2.17. The van der Waals surface area contributed by atoms with Gasteiger partial charge in [-0.25, -0.2) is 4.79 Å². The predicted octanol–water partition coefficient (Wildman–Crippen LogP) is 3.28. The second-order valence-electron chi connectivity index (χ2n) is 4.86. The first kappa shape index (κ1) is 15.0. The van der Waals surface area contributed by atoms with Crippen LogP contribution in [0.25, 0.3) is 0 Å². The molecule has 110 valence electrons. The molecule has 0 aromatic carbocycles.